The lowest BCUT2D eigenvalue weighted by molar-refractivity contribution is -0.118. The van der Waals surface area contributed by atoms with Crippen molar-refractivity contribution in [2.75, 3.05) is 13.2 Å². The number of hydrogen-bond acceptors (Lipinski definition) is 2. The molecule has 1 spiro atoms. The van der Waals surface area contributed by atoms with Crippen LogP contribution >= 0.6 is 0 Å². The van der Waals surface area contributed by atoms with Crippen molar-refractivity contribution in [1.82, 2.24) is 0 Å². The first-order valence-electron chi connectivity index (χ1n) is 6.88. The van der Waals surface area contributed by atoms with E-state index in [1.807, 2.05) is 12.1 Å². The van der Waals surface area contributed by atoms with Gasteiger partial charge in [-0.3, -0.25) is 0 Å². The van der Waals surface area contributed by atoms with Gasteiger partial charge in [-0.1, -0.05) is 50.3 Å². The first-order valence-corrected chi connectivity index (χ1v) is 6.88. The van der Waals surface area contributed by atoms with Crippen LogP contribution in [-0.4, -0.2) is 13.2 Å². The second-order valence-electron chi connectivity index (χ2n) is 6.61. The van der Waals surface area contributed by atoms with E-state index >= 15 is 0 Å². The number of nitriles is 1. The minimum Gasteiger partial charge on any atom is -0.380 e. The maximum absolute atomic E-state index is 10.1. The van der Waals surface area contributed by atoms with Gasteiger partial charge in [-0.05, 0) is 16.5 Å². The number of benzene rings is 1. The van der Waals surface area contributed by atoms with E-state index in [9.17, 15) is 5.26 Å². The molecule has 19 heavy (non-hydrogen) atoms. The zero-order chi connectivity index (χ0) is 13.3. The summed E-state index contributed by atoms with van der Waals surface area (Å²) in [6.07, 6.45) is 4.43. The molecule has 0 amide bonds. The molecule has 2 aliphatic carbocycles. The Hall–Kier alpha value is -1.59. The number of nitrogens with zero attached hydrogens (tertiary/aromatic N) is 1. The predicted octanol–water partition coefficient (Wildman–Crippen LogP) is 3.15. The quantitative estimate of drug-likeness (QED) is 0.709. The van der Waals surface area contributed by atoms with E-state index in [2.05, 4.69) is 44.2 Å². The highest BCUT2D eigenvalue weighted by Crippen LogP contribution is 2.75. The normalized spacial score (nSPS) is 40.6. The van der Waals surface area contributed by atoms with Crippen LogP contribution in [0.4, 0.5) is 0 Å². The van der Waals surface area contributed by atoms with Crippen molar-refractivity contribution < 1.29 is 4.74 Å². The third-order valence-electron chi connectivity index (χ3n) is 5.88. The summed E-state index contributed by atoms with van der Waals surface area (Å²) in [5.41, 5.74) is 1.78. The first-order chi connectivity index (χ1) is 9.10. The number of rotatable bonds is 0. The van der Waals surface area contributed by atoms with E-state index in [1.165, 1.54) is 11.1 Å². The Labute approximate surface area is 113 Å². The predicted molar refractivity (Wildman–Crippen MR) is 73.3 cm³/mol. The molecule has 4 rings (SSSR count). The monoisotopic (exact) mass is 251 g/mol. The minimum absolute atomic E-state index is 0.0425. The molecule has 3 aliphatic rings. The highest BCUT2D eigenvalue weighted by Gasteiger charge is 2.79. The van der Waals surface area contributed by atoms with E-state index in [1.54, 1.807) is 0 Å². The molecule has 0 aromatic heterocycles. The molecule has 0 radical (unpaired) electrons. The number of hydrogen-bond donors (Lipinski definition) is 0. The summed E-state index contributed by atoms with van der Waals surface area (Å²) >= 11 is 0. The Morgan fingerprint density at radius 3 is 2.89 bits per heavy atom. The molecule has 0 N–H and O–H groups in total. The van der Waals surface area contributed by atoms with Crippen LogP contribution in [-0.2, 0) is 10.2 Å². The van der Waals surface area contributed by atoms with Crippen molar-refractivity contribution in [3.8, 4) is 6.07 Å². The molecule has 2 nitrogen and oxygen atoms in total. The Kier molecular flexibility index (Phi) is 1.84. The van der Waals surface area contributed by atoms with Gasteiger partial charge in [0, 0.05) is 11.3 Å². The van der Waals surface area contributed by atoms with Gasteiger partial charge in [0.2, 0.25) is 0 Å². The zero-order valence-electron chi connectivity index (χ0n) is 11.3. The van der Waals surface area contributed by atoms with Gasteiger partial charge in [-0.2, -0.15) is 5.26 Å². The summed E-state index contributed by atoms with van der Waals surface area (Å²) in [7, 11) is 0. The van der Waals surface area contributed by atoms with E-state index < -0.39 is 5.41 Å². The van der Waals surface area contributed by atoms with Gasteiger partial charge in [0.05, 0.1) is 24.7 Å². The smallest absolute Gasteiger partial charge is 0.0998 e. The first kappa shape index (κ1) is 11.3. The lowest BCUT2D eigenvalue weighted by atomic mass is 9.30. The van der Waals surface area contributed by atoms with Crippen LogP contribution in [0.25, 0.3) is 6.08 Å². The molecule has 2 fully saturated rings. The molecule has 0 unspecified atom stereocenters. The molecule has 1 saturated heterocycles. The third-order valence-corrected chi connectivity index (χ3v) is 5.88. The fourth-order valence-corrected chi connectivity index (χ4v) is 5.02. The maximum atomic E-state index is 10.1. The Morgan fingerprint density at radius 2 is 2.11 bits per heavy atom. The third kappa shape index (κ3) is 0.904. The summed E-state index contributed by atoms with van der Waals surface area (Å²) in [6, 6.07) is 11.0. The molecule has 96 valence electrons. The van der Waals surface area contributed by atoms with Crippen molar-refractivity contribution >= 4 is 6.08 Å². The van der Waals surface area contributed by atoms with Gasteiger partial charge in [-0.25, -0.2) is 0 Å². The maximum Gasteiger partial charge on any atom is 0.0998 e. The standard InChI is InChI=1S/C17H17NO/c1-15(2)14-9-19-11-16(14)8-7-12-5-3-4-6-13(12)17(15,16)10-18/h3-8,14H,9,11H2,1-2H3/t14-,16-,17-/m0/s1. The van der Waals surface area contributed by atoms with Crippen molar-refractivity contribution in [2.24, 2.45) is 16.7 Å². The molecule has 0 bridgehead atoms. The van der Waals surface area contributed by atoms with Gasteiger partial charge < -0.3 is 4.74 Å². The van der Waals surface area contributed by atoms with Gasteiger partial charge in [0.15, 0.2) is 0 Å². The summed E-state index contributed by atoms with van der Waals surface area (Å²) in [5, 5.41) is 10.1. The van der Waals surface area contributed by atoms with E-state index in [4.69, 9.17) is 4.74 Å². The number of fused-ring (bicyclic) bond motifs is 2. The Balaban J connectivity index is 2.06. The molecule has 2 heteroatoms. The van der Waals surface area contributed by atoms with Crippen LogP contribution in [0.3, 0.4) is 0 Å². The highest BCUT2D eigenvalue weighted by molar-refractivity contribution is 5.68. The topological polar surface area (TPSA) is 33.0 Å². The van der Waals surface area contributed by atoms with E-state index in [0.717, 1.165) is 6.61 Å². The van der Waals surface area contributed by atoms with Crippen molar-refractivity contribution in [3.05, 3.63) is 41.5 Å². The second-order valence-corrected chi connectivity index (χ2v) is 6.61. The zero-order valence-corrected chi connectivity index (χ0v) is 11.3. The lowest BCUT2D eigenvalue weighted by Gasteiger charge is -2.68. The second kappa shape index (κ2) is 3.11. The van der Waals surface area contributed by atoms with E-state index in [-0.39, 0.29) is 10.8 Å². The average molecular weight is 251 g/mol. The van der Waals surface area contributed by atoms with E-state index in [0.29, 0.717) is 12.5 Å². The van der Waals surface area contributed by atoms with Crippen LogP contribution in [0.2, 0.25) is 0 Å². The average Bonchev–Trinajstić information content (AvgIpc) is 2.81. The molecule has 1 heterocycles. The molecule has 1 aromatic carbocycles. The molecule has 1 aromatic rings. The van der Waals surface area contributed by atoms with Crippen LogP contribution in [0.15, 0.2) is 30.3 Å². The largest absolute Gasteiger partial charge is 0.380 e. The van der Waals surface area contributed by atoms with Crippen molar-refractivity contribution in [3.63, 3.8) is 0 Å². The Bertz CT molecular complexity index is 639. The molecule has 1 aliphatic heterocycles. The van der Waals surface area contributed by atoms with Crippen LogP contribution in [0.5, 0.6) is 0 Å². The van der Waals surface area contributed by atoms with Gasteiger partial charge in [-0.15, -0.1) is 0 Å². The van der Waals surface area contributed by atoms with Gasteiger partial charge >= 0.3 is 0 Å². The highest BCUT2D eigenvalue weighted by atomic mass is 16.5. The summed E-state index contributed by atoms with van der Waals surface area (Å²) in [6.45, 7) is 5.91. The fraction of sp³-hybridized carbons (Fsp3) is 0.471. The Morgan fingerprint density at radius 1 is 1.32 bits per heavy atom. The summed E-state index contributed by atoms with van der Waals surface area (Å²) < 4.78 is 5.77. The van der Waals surface area contributed by atoms with Crippen LogP contribution < -0.4 is 0 Å². The van der Waals surface area contributed by atoms with Crippen molar-refractivity contribution in [1.29, 1.82) is 5.26 Å². The fourth-order valence-electron chi connectivity index (χ4n) is 5.02. The number of ether oxygens (including phenoxy) is 1. The summed E-state index contributed by atoms with van der Waals surface area (Å²) in [5.74, 6) is 0.448. The van der Waals surface area contributed by atoms with Crippen LogP contribution in [0.1, 0.15) is 25.0 Å². The molecule has 3 atom stereocenters. The van der Waals surface area contributed by atoms with Crippen molar-refractivity contribution in [2.45, 2.75) is 19.3 Å². The van der Waals surface area contributed by atoms with Crippen LogP contribution in [0, 0.1) is 28.1 Å². The van der Waals surface area contributed by atoms with Gasteiger partial charge in [0.1, 0.15) is 0 Å². The molecule has 1 saturated carbocycles. The minimum atomic E-state index is -0.438. The SMILES string of the molecule is CC1(C)[C@@H]2COC[C@@]23C=Cc2ccccc2[C@@]13C#N. The lowest BCUT2D eigenvalue weighted by Crippen LogP contribution is -2.72. The molecular weight excluding hydrogens is 234 g/mol. The molecular formula is C17H17NO. The van der Waals surface area contributed by atoms with Gasteiger partial charge in [0.25, 0.3) is 0 Å². The summed E-state index contributed by atoms with van der Waals surface area (Å²) in [4.78, 5) is 0.